The monoisotopic (exact) mass is 1390 g/mol. The Balaban J connectivity index is 5.35. The smallest absolute Gasteiger partial charge is 0.307 e. The standard InChI is InChI=1S/C89H179N3O6/c1-76(2)46-34-30-26-22-18-16-20-24-28-32-36-60-86(93)74-91(70-62-88(95)97-72-64-84(13)58-42-56-82(11)54-40-52-80(9)50-38-48-78(5)6)68-44-66-90(15)67-45-69-92(75-87(94)61-37-33-29-25-21-17-19-23-27-31-35-47-77(3)4)71-63-89(96)98-73-65-85(14)59-43-57-83(12)55-41-53-81(10)51-39-49-79(7)8/h76-87,93-94H,16-75H2,1-15H3. The molecule has 0 radical (unpaired) electrons. The summed E-state index contributed by atoms with van der Waals surface area (Å²) in [7, 11) is 2.20. The molecule has 8 atom stereocenters. The second kappa shape index (κ2) is 68.8. The largest absolute Gasteiger partial charge is 0.466 e. The Morgan fingerprint density at radius 3 is 0.724 bits per heavy atom. The summed E-state index contributed by atoms with van der Waals surface area (Å²) in [5, 5.41) is 22.8. The van der Waals surface area contributed by atoms with Gasteiger partial charge >= 0.3 is 11.9 Å². The molecule has 0 aromatic carbocycles. The van der Waals surface area contributed by atoms with Crippen molar-refractivity contribution in [1.82, 2.24) is 14.7 Å². The molecule has 98 heavy (non-hydrogen) atoms. The summed E-state index contributed by atoms with van der Waals surface area (Å²) in [5.41, 5.74) is 0. The molecule has 9 nitrogen and oxygen atoms in total. The predicted octanol–water partition coefficient (Wildman–Crippen LogP) is 25.3. The predicted molar refractivity (Wildman–Crippen MR) is 429 cm³/mol. The number of nitrogens with zero attached hydrogens (tertiary/aromatic N) is 3. The second-order valence-electron chi connectivity index (χ2n) is 35.2. The molecule has 0 aliphatic carbocycles. The summed E-state index contributed by atoms with van der Waals surface area (Å²) < 4.78 is 11.7. The normalized spacial score (nSPS) is 14.8. The number of carbonyl (C=O) groups is 2. The lowest BCUT2D eigenvalue weighted by Gasteiger charge is -2.27. The molecule has 0 aliphatic rings. The zero-order chi connectivity index (χ0) is 72.7. The molecule has 2 N–H and O–H groups in total. The van der Waals surface area contributed by atoms with E-state index in [0.29, 0.717) is 64.1 Å². The molecule has 0 aliphatic heterocycles. The van der Waals surface area contributed by atoms with Crippen LogP contribution < -0.4 is 0 Å². The van der Waals surface area contributed by atoms with Crippen molar-refractivity contribution in [3.05, 3.63) is 0 Å². The van der Waals surface area contributed by atoms with Gasteiger partial charge in [-0.05, 0) is 131 Å². The third-order valence-corrected chi connectivity index (χ3v) is 22.1. The quantitative estimate of drug-likeness (QED) is 0.0455. The molecule has 8 unspecified atom stereocenters. The van der Waals surface area contributed by atoms with Crippen LogP contribution in [0.15, 0.2) is 0 Å². The van der Waals surface area contributed by atoms with Crippen molar-refractivity contribution in [2.45, 2.75) is 430 Å². The van der Waals surface area contributed by atoms with Gasteiger partial charge in [-0.2, -0.15) is 0 Å². The fraction of sp³-hybridized carbons (Fsp3) is 0.978. The van der Waals surface area contributed by atoms with E-state index in [2.05, 4.69) is 119 Å². The van der Waals surface area contributed by atoms with Crippen molar-refractivity contribution in [2.75, 3.05) is 72.6 Å². The van der Waals surface area contributed by atoms with Crippen LogP contribution >= 0.6 is 0 Å². The summed E-state index contributed by atoms with van der Waals surface area (Å²) in [5.74, 6) is 7.42. The highest BCUT2D eigenvalue weighted by atomic mass is 16.5. The van der Waals surface area contributed by atoms with Crippen LogP contribution in [0.2, 0.25) is 0 Å². The topological polar surface area (TPSA) is 103 Å². The third kappa shape index (κ3) is 70.4. The van der Waals surface area contributed by atoms with Gasteiger partial charge in [0.15, 0.2) is 0 Å². The molecular formula is C89H179N3O6. The maximum absolute atomic E-state index is 13.3. The van der Waals surface area contributed by atoms with Crippen LogP contribution in [-0.2, 0) is 19.1 Å². The Morgan fingerprint density at radius 2 is 0.469 bits per heavy atom. The molecule has 586 valence electrons. The summed E-state index contributed by atoms with van der Waals surface area (Å²) in [6, 6.07) is 0. The molecule has 0 fully saturated rings. The third-order valence-electron chi connectivity index (χ3n) is 22.1. The van der Waals surface area contributed by atoms with Crippen LogP contribution in [0.5, 0.6) is 0 Å². The lowest BCUT2D eigenvalue weighted by molar-refractivity contribution is -0.145. The van der Waals surface area contributed by atoms with Gasteiger partial charge in [-0.3, -0.25) is 9.59 Å². The average Bonchev–Trinajstić information content (AvgIpc) is 2.62. The number of hydrogen-bond acceptors (Lipinski definition) is 9. The highest BCUT2D eigenvalue weighted by Gasteiger charge is 2.19. The van der Waals surface area contributed by atoms with Gasteiger partial charge in [0, 0.05) is 26.2 Å². The molecule has 0 saturated carbocycles. The highest BCUT2D eigenvalue weighted by Crippen LogP contribution is 2.26. The zero-order valence-corrected chi connectivity index (χ0v) is 69.2. The SMILES string of the molecule is CC(C)CCCCCCCCCCCCCC(O)CN(CCCN(C)CCCN(CCC(=O)OCCC(C)CCCC(C)CCCC(C)CCCC(C)C)CC(O)CCCCCCCCCCCCCC(C)C)CCC(=O)OCCC(C)CCCC(C)CCCC(C)CCCC(C)C. The van der Waals surface area contributed by atoms with E-state index in [1.165, 1.54) is 257 Å². The number of carbonyl (C=O) groups excluding carboxylic acids is 2. The molecular weight excluding hydrogens is 1210 g/mol. The average molecular weight is 1390 g/mol. The Morgan fingerprint density at radius 1 is 0.255 bits per heavy atom. The number of ether oxygens (including phenoxy) is 2. The fourth-order valence-electron chi connectivity index (χ4n) is 14.9. The molecule has 0 amide bonds. The Kier molecular flexibility index (Phi) is 67.9. The van der Waals surface area contributed by atoms with Crippen LogP contribution in [0.3, 0.4) is 0 Å². The minimum atomic E-state index is -0.399. The molecule has 9 heteroatoms. The van der Waals surface area contributed by atoms with Gasteiger partial charge in [0.05, 0.1) is 38.3 Å². The number of hydrogen-bond donors (Lipinski definition) is 2. The van der Waals surface area contributed by atoms with Crippen molar-refractivity contribution >= 4 is 11.9 Å². The first kappa shape index (κ1) is 96.7. The lowest BCUT2D eigenvalue weighted by atomic mass is 9.91. The van der Waals surface area contributed by atoms with E-state index in [9.17, 15) is 19.8 Å². The molecule has 0 bridgehead atoms. The molecule has 0 heterocycles. The number of rotatable bonds is 76. The summed E-state index contributed by atoms with van der Waals surface area (Å²) in [4.78, 5) is 33.6. The van der Waals surface area contributed by atoms with Gasteiger partial charge in [0.25, 0.3) is 0 Å². The summed E-state index contributed by atoms with van der Waals surface area (Å²) >= 11 is 0. The van der Waals surface area contributed by atoms with Crippen molar-refractivity contribution in [3.63, 3.8) is 0 Å². The zero-order valence-electron chi connectivity index (χ0n) is 69.2. The first-order valence-electron chi connectivity index (χ1n) is 43.8. The minimum absolute atomic E-state index is 0.118. The van der Waals surface area contributed by atoms with Crippen LogP contribution in [0.25, 0.3) is 0 Å². The van der Waals surface area contributed by atoms with Gasteiger partial charge < -0.3 is 34.4 Å². The van der Waals surface area contributed by atoms with Gasteiger partial charge in [-0.25, -0.2) is 0 Å². The van der Waals surface area contributed by atoms with Gasteiger partial charge in [0.2, 0.25) is 0 Å². The summed E-state index contributed by atoms with van der Waals surface area (Å²) in [6.07, 6.45) is 60.6. The molecule has 0 aromatic heterocycles. The molecule has 0 aromatic rings. The molecule has 0 rings (SSSR count). The highest BCUT2D eigenvalue weighted by molar-refractivity contribution is 5.69. The summed E-state index contributed by atoms with van der Waals surface area (Å²) in [6.45, 7) is 40.0. The van der Waals surface area contributed by atoms with Crippen LogP contribution in [0.4, 0.5) is 0 Å². The number of aliphatic hydroxyl groups excluding tert-OH is 2. The van der Waals surface area contributed by atoms with Crippen LogP contribution in [-0.4, -0.2) is 122 Å². The van der Waals surface area contributed by atoms with E-state index in [4.69, 9.17) is 9.47 Å². The second-order valence-corrected chi connectivity index (χ2v) is 35.2. The lowest BCUT2D eigenvalue weighted by Crippen LogP contribution is -2.37. The Labute approximate surface area is 614 Å². The number of unbranched alkanes of at least 4 members (excludes halogenated alkanes) is 20. The van der Waals surface area contributed by atoms with Crippen LogP contribution in [0.1, 0.15) is 418 Å². The minimum Gasteiger partial charge on any atom is -0.466 e. The van der Waals surface area contributed by atoms with Crippen molar-refractivity contribution in [3.8, 4) is 0 Å². The maximum atomic E-state index is 13.3. The molecule has 0 saturated heterocycles. The van der Waals surface area contributed by atoms with E-state index in [-0.39, 0.29) is 11.9 Å². The first-order valence-corrected chi connectivity index (χ1v) is 43.8. The van der Waals surface area contributed by atoms with Crippen molar-refractivity contribution in [2.24, 2.45) is 59.2 Å². The van der Waals surface area contributed by atoms with E-state index in [1.54, 1.807) is 0 Å². The fourth-order valence-corrected chi connectivity index (χ4v) is 14.9. The van der Waals surface area contributed by atoms with Gasteiger partial charge in [0.1, 0.15) is 0 Å². The Bertz CT molecular complexity index is 1560. The van der Waals surface area contributed by atoms with Crippen molar-refractivity contribution < 1.29 is 29.3 Å². The molecule has 0 spiro atoms. The van der Waals surface area contributed by atoms with Crippen molar-refractivity contribution in [1.29, 1.82) is 0 Å². The van der Waals surface area contributed by atoms with Gasteiger partial charge in [-0.1, -0.05) is 367 Å². The van der Waals surface area contributed by atoms with E-state index >= 15 is 0 Å². The first-order chi connectivity index (χ1) is 47.0. The van der Waals surface area contributed by atoms with E-state index < -0.39 is 12.2 Å². The van der Waals surface area contributed by atoms with E-state index in [1.807, 2.05) is 0 Å². The van der Waals surface area contributed by atoms with E-state index in [0.717, 1.165) is 125 Å². The van der Waals surface area contributed by atoms with Crippen LogP contribution in [0, 0.1) is 59.2 Å². The van der Waals surface area contributed by atoms with Gasteiger partial charge in [-0.15, -0.1) is 0 Å². The Hall–Kier alpha value is -1.26. The number of esters is 2. The maximum Gasteiger partial charge on any atom is 0.307 e. The number of aliphatic hydroxyl groups is 2.